The SMILES string of the molecule is Cc1cccc(N2CCN(C(=O)C3CC(c4ccc(F)cc4)NN3)CC2C)c1. The van der Waals surface area contributed by atoms with Gasteiger partial charge in [0, 0.05) is 37.4 Å². The van der Waals surface area contributed by atoms with Gasteiger partial charge in [-0.25, -0.2) is 15.2 Å². The maximum absolute atomic E-state index is 13.1. The number of halogens is 1. The normalized spacial score (nSPS) is 25.2. The molecule has 1 amide bonds. The number of hydrogen-bond acceptors (Lipinski definition) is 4. The molecule has 28 heavy (non-hydrogen) atoms. The van der Waals surface area contributed by atoms with Crippen molar-refractivity contribution in [1.29, 1.82) is 0 Å². The number of amides is 1. The molecule has 2 aliphatic rings. The summed E-state index contributed by atoms with van der Waals surface area (Å²) in [7, 11) is 0. The van der Waals surface area contributed by atoms with Crippen molar-refractivity contribution < 1.29 is 9.18 Å². The van der Waals surface area contributed by atoms with E-state index in [1.54, 1.807) is 12.1 Å². The first-order valence-corrected chi connectivity index (χ1v) is 9.90. The van der Waals surface area contributed by atoms with Crippen LogP contribution in [0, 0.1) is 12.7 Å². The summed E-state index contributed by atoms with van der Waals surface area (Å²) in [5.41, 5.74) is 9.77. The number of rotatable bonds is 3. The number of benzene rings is 2. The lowest BCUT2D eigenvalue weighted by atomic mass is 10.0. The molecule has 2 aliphatic heterocycles. The molecule has 2 saturated heterocycles. The maximum atomic E-state index is 13.1. The molecule has 2 fully saturated rings. The molecule has 6 heteroatoms. The van der Waals surface area contributed by atoms with E-state index in [-0.39, 0.29) is 29.8 Å². The van der Waals surface area contributed by atoms with Crippen molar-refractivity contribution in [2.45, 2.75) is 38.4 Å². The molecule has 0 spiro atoms. The van der Waals surface area contributed by atoms with Crippen LogP contribution in [-0.2, 0) is 4.79 Å². The summed E-state index contributed by atoms with van der Waals surface area (Å²) in [5.74, 6) is -0.115. The fourth-order valence-corrected chi connectivity index (χ4v) is 4.20. The van der Waals surface area contributed by atoms with Crippen molar-refractivity contribution >= 4 is 11.6 Å². The lowest BCUT2D eigenvalue weighted by Gasteiger charge is -2.42. The number of anilines is 1. The number of aryl methyl sites for hydroxylation is 1. The Kier molecular flexibility index (Phi) is 5.33. The van der Waals surface area contributed by atoms with Crippen molar-refractivity contribution in [2.24, 2.45) is 0 Å². The highest BCUT2D eigenvalue weighted by Gasteiger charge is 2.35. The number of nitrogens with one attached hydrogen (secondary N) is 2. The molecule has 0 radical (unpaired) electrons. The van der Waals surface area contributed by atoms with Gasteiger partial charge in [-0.1, -0.05) is 24.3 Å². The molecule has 2 aromatic rings. The van der Waals surface area contributed by atoms with Crippen LogP contribution in [0.15, 0.2) is 48.5 Å². The molecular formula is C22H27FN4O. The molecule has 0 bridgehead atoms. The van der Waals surface area contributed by atoms with Crippen molar-refractivity contribution in [3.05, 3.63) is 65.5 Å². The Morgan fingerprint density at radius 2 is 1.89 bits per heavy atom. The largest absolute Gasteiger partial charge is 0.365 e. The predicted molar refractivity (Wildman–Crippen MR) is 108 cm³/mol. The van der Waals surface area contributed by atoms with Gasteiger partial charge in [-0.3, -0.25) is 4.79 Å². The zero-order chi connectivity index (χ0) is 19.7. The summed E-state index contributed by atoms with van der Waals surface area (Å²) in [4.78, 5) is 17.4. The highest BCUT2D eigenvalue weighted by molar-refractivity contribution is 5.82. The van der Waals surface area contributed by atoms with Gasteiger partial charge in [0.1, 0.15) is 11.9 Å². The number of carbonyl (C=O) groups excluding carboxylic acids is 1. The molecule has 3 atom stereocenters. The third-order valence-corrected chi connectivity index (χ3v) is 5.75. The molecule has 2 heterocycles. The first-order chi connectivity index (χ1) is 13.5. The Labute approximate surface area is 165 Å². The van der Waals surface area contributed by atoms with E-state index in [0.29, 0.717) is 13.0 Å². The van der Waals surface area contributed by atoms with Gasteiger partial charge >= 0.3 is 0 Å². The average Bonchev–Trinajstić information content (AvgIpc) is 3.18. The van der Waals surface area contributed by atoms with Gasteiger partial charge in [0.05, 0.1) is 0 Å². The van der Waals surface area contributed by atoms with Crippen LogP contribution in [0.5, 0.6) is 0 Å². The summed E-state index contributed by atoms with van der Waals surface area (Å²) in [6.07, 6.45) is 0.664. The third kappa shape index (κ3) is 3.88. The minimum absolute atomic E-state index is 0.0144. The Morgan fingerprint density at radius 1 is 1.11 bits per heavy atom. The monoisotopic (exact) mass is 382 g/mol. The lowest BCUT2D eigenvalue weighted by molar-refractivity contribution is -0.134. The van der Waals surface area contributed by atoms with Crippen LogP contribution in [0.25, 0.3) is 0 Å². The topological polar surface area (TPSA) is 47.6 Å². The summed E-state index contributed by atoms with van der Waals surface area (Å²) in [6.45, 7) is 6.54. The number of hydrazine groups is 1. The van der Waals surface area contributed by atoms with Crippen molar-refractivity contribution in [3.8, 4) is 0 Å². The Bertz CT molecular complexity index is 841. The van der Waals surface area contributed by atoms with E-state index in [4.69, 9.17) is 0 Å². The van der Waals surface area contributed by atoms with Crippen LogP contribution in [-0.4, -0.2) is 42.5 Å². The average molecular weight is 382 g/mol. The van der Waals surface area contributed by atoms with Gasteiger partial charge < -0.3 is 9.80 Å². The molecule has 0 aliphatic carbocycles. The van der Waals surface area contributed by atoms with Crippen molar-refractivity contribution in [1.82, 2.24) is 15.8 Å². The highest BCUT2D eigenvalue weighted by Crippen LogP contribution is 2.25. The minimum Gasteiger partial charge on any atom is -0.365 e. The molecule has 0 aromatic heterocycles. The molecule has 3 unspecified atom stereocenters. The predicted octanol–water partition coefficient (Wildman–Crippen LogP) is 2.78. The number of carbonyl (C=O) groups is 1. The Morgan fingerprint density at radius 3 is 2.61 bits per heavy atom. The summed E-state index contributed by atoms with van der Waals surface area (Å²) >= 11 is 0. The number of nitrogens with zero attached hydrogens (tertiary/aromatic N) is 2. The fraction of sp³-hybridized carbons (Fsp3) is 0.409. The van der Waals surface area contributed by atoms with Crippen LogP contribution < -0.4 is 15.8 Å². The van der Waals surface area contributed by atoms with Crippen molar-refractivity contribution in [3.63, 3.8) is 0 Å². The van der Waals surface area contributed by atoms with Crippen molar-refractivity contribution in [2.75, 3.05) is 24.5 Å². The minimum atomic E-state index is -0.257. The van der Waals surface area contributed by atoms with Crippen LogP contribution >= 0.6 is 0 Å². The number of hydrogen-bond donors (Lipinski definition) is 2. The zero-order valence-electron chi connectivity index (χ0n) is 16.4. The summed E-state index contributed by atoms with van der Waals surface area (Å²) in [6, 6.07) is 15.0. The molecule has 0 saturated carbocycles. The van der Waals surface area contributed by atoms with Gasteiger partial charge in [-0.15, -0.1) is 0 Å². The van der Waals surface area contributed by atoms with Gasteiger partial charge in [0.25, 0.3) is 0 Å². The second-order valence-electron chi connectivity index (χ2n) is 7.85. The molecule has 2 N–H and O–H groups in total. The molecule has 5 nitrogen and oxygen atoms in total. The van der Waals surface area contributed by atoms with E-state index in [1.807, 2.05) is 4.90 Å². The quantitative estimate of drug-likeness (QED) is 0.857. The first-order valence-electron chi connectivity index (χ1n) is 9.90. The molecular weight excluding hydrogens is 355 g/mol. The van der Waals surface area contributed by atoms with Crippen LogP contribution in [0.1, 0.15) is 30.5 Å². The second kappa shape index (κ2) is 7.89. The maximum Gasteiger partial charge on any atom is 0.241 e. The fourth-order valence-electron chi connectivity index (χ4n) is 4.20. The smallest absolute Gasteiger partial charge is 0.241 e. The number of piperazine rings is 1. The van der Waals surface area contributed by atoms with Gasteiger partial charge in [-0.05, 0) is 55.7 Å². The van der Waals surface area contributed by atoms with E-state index in [1.165, 1.54) is 23.4 Å². The van der Waals surface area contributed by atoms with Crippen LogP contribution in [0.4, 0.5) is 10.1 Å². The molecule has 2 aromatic carbocycles. The van der Waals surface area contributed by atoms with E-state index >= 15 is 0 Å². The standard InChI is InChI=1S/C22H27FN4O/c1-15-4-3-5-19(12-15)27-11-10-26(14-16(27)2)22(28)21-13-20(24-25-21)17-6-8-18(23)9-7-17/h3-9,12,16,20-21,24-25H,10-11,13-14H2,1-2H3. The summed E-state index contributed by atoms with van der Waals surface area (Å²) < 4.78 is 13.1. The van der Waals surface area contributed by atoms with Crippen LogP contribution in [0.3, 0.4) is 0 Å². The highest BCUT2D eigenvalue weighted by atomic mass is 19.1. The third-order valence-electron chi connectivity index (χ3n) is 5.75. The molecule has 4 rings (SSSR count). The molecule has 148 valence electrons. The Balaban J connectivity index is 1.36. The first kappa shape index (κ1) is 18.9. The van der Waals surface area contributed by atoms with E-state index in [0.717, 1.165) is 18.7 Å². The van der Waals surface area contributed by atoms with Gasteiger partial charge in [0.2, 0.25) is 5.91 Å². The Hall–Kier alpha value is -2.44. The van der Waals surface area contributed by atoms with E-state index in [2.05, 4.69) is 53.9 Å². The second-order valence-corrected chi connectivity index (χ2v) is 7.85. The van der Waals surface area contributed by atoms with E-state index in [9.17, 15) is 9.18 Å². The van der Waals surface area contributed by atoms with Gasteiger partial charge in [-0.2, -0.15) is 0 Å². The van der Waals surface area contributed by atoms with E-state index < -0.39 is 0 Å². The zero-order valence-corrected chi connectivity index (χ0v) is 16.4. The van der Waals surface area contributed by atoms with Gasteiger partial charge in [0.15, 0.2) is 0 Å². The summed E-state index contributed by atoms with van der Waals surface area (Å²) in [5, 5.41) is 0. The lowest BCUT2D eigenvalue weighted by Crippen LogP contribution is -2.57. The van der Waals surface area contributed by atoms with Crippen LogP contribution in [0.2, 0.25) is 0 Å².